The van der Waals surface area contributed by atoms with Crippen LogP contribution in [0.4, 0.5) is 0 Å². The van der Waals surface area contributed by atoms with E-state index in [1.165, 1.54) is 6.26 Å². The van der Waals surface area contributed by atoms with Gasteiger partial charge in [-0.25, -0.2) is 8.42 Å². The van der Waals surface area contributed by atoms with Crippen molar-refractivity contribution in [3.63, 3.8) is 0 Å². The fourth-order valence-electron chi connectivity index (χ4n) is 1.58. The van der Waals surface area contributed by atoms with E-state index in [0.29, 0.717) is 0 Å². The summed E-state index contributed by atoms with van der Waals surface area (Å²) in [6.45, 7) is 0. The molecule has 5 heteroatoms. The Bertz CT molecular complexity index is 601. The van der Waals surface area contributed by atoms with Crippen molar-refractivity contribution in [3.05, 3.63) is 34.4 Å². The second kappa shape index (κ2) is 3.64. The predicted octanol–water partition coefficient (Wildman–Crippen LogP) is 2.48. The van der Waals surface area contributed by atoms with E-state index in [9.17, 15) is 8.42 Å². The number of H-pyrrole nitrogens is 1. The summed E-state index contributed by atoms with van der Waals surface area (Å²) < 4.78 is 23.3. The summed E-state index contributed by atoms with van der Waals surface area (Å²) in [4.78, 5) is 3.07. The summed E-state index contributed by atoms with van der Waals surface area (Å²) in [6, 6.07) is 5.73. The number of aromatic nitrogens is 1. The van der Waals surface area contributed by atoms with Crippen LogP contribution in [0.15, 0.2) is 28.9 Å². The molecule has 0 aliphatic heterocycles. The number of hydrogen-bond acceptors (Lipinski definition) is 2. The molecule has 1 heterocycles. The molecule has 1 aromatic carbocycles. The van der Waals surface area contributed by atoms with E-state index in [2.05, 4.69) is 20.9 Å². The molecule has 80 valence electrons. The molecule has 0 aliphatic carbocycles. The van der Waals surface area contributed by atoms with Crippen molar-refractivity contribution in [1.82, 2.24) is 4.98 Å². The van der Waals surface area contributed by atoms with Gasteiger partial charge in [-0.15, -0.1) is 0 Å². The van der Waals surface area contributed by atoms with Crippen molar-refractivity contribution in [2.24, 2.45) is 0 Å². The Morgan fingerprint density at radius 3 is 2.80 bits per heavy atom. The van der Waals surface area contributed by atoms with Crippen LogP contribution in [-0.2, 0) is 15.6 Å². The highest BCUT2D eigenvalue weighted by molar-refractivity contribution is 9.10. The smallest absolute Gasteiger partial charge is 0.151 e. The summed E-state index contributed by atoms with van der Waals surface area (Å²) in [5.41, 5.74) is 1.75. The van der Waals surface area contributed by atoms with Gasteiger partial charge in [0, 0.05) is 22.3 Å². The lowest BCUT2D eigenvalue weighted by molar-refractivity contribution is 0.601. The van der Waals surface area contributed by atoms with Gasteiger partial charge in [0.1, 0.15) is 0 Å². The Balaban J connectivity index is 2.60. The van der Waals surface area contributed by atoms with Crippen LogP contribution in [0, 0.1) is 0 Å². The highest BCUT2D eigenvalue weighted by Gasteiger charge is 2.10. The standard InChI is InChI=1S/C10H10BrNO2S/c1-15(13,14)6-7-5-12-10-8(7)3-2-4-9(10)11/h2-5,12H,6H2,1H3. The largest absolute Gasteiger partial charge is 0.360 e. The van der Waals surface area contributed by atoms with Gasteiger partial charge in [-0.2, -0.15) is 0 Å². The second-order valence-electron chi connectivity index (χ2n) is 3.55. The van der Waals surface area contributed by atoms with E-state index in [1.807, 2.05) is 18.2 Å². The van der Waals surface area contributed by atoms with Crippen LogP contribution in [0.2, 0.25) is 0 Å². The number of halogens is 1. The van der Waals surface area contributed by atoms with Crippen molar-refractivity contribution in [2.75, 3.05) is 6.26 Å². The molecule has 2 aromatic rings. The van der Waals surface area contributed by atoms with Crippen molar-refractivity contribution < 1.29 is 8.42 Å². The lowest BCUT2D eigenvalue weighted by atomic mass is 10.2. The molecule has 1 aromatic heterocycles. The van der Waals surface area contributed by atoms with Gasteiger partial charge in [-0.05, 0) is 27.6 Å². The molecule has 0 saturated carbocycles. The van der Waals surface area contributed by atoms with Crippen molar-refractivity contribution in [3.8, 4) is 0 Å². The lowest BCUT2D eigenvalue weighted by Gasteiger charge is -1.97. The van der Waals surface area contributed by atoms with Crippen molar-refractivity contribution in [2.45, 2.75) is 5.75 Å². The maximum Gasteiger partial charge on any atom is 0.151 e. The van der Waals surface area contributed by atoms with Gasteiger partial charge in [0.05, 0.1) is 11.3 Å². The quantitative estimate of drug-likeness (QED) is 0.923. The van der Waals surface area contributed by atoms with Gasteiger partial charge >= 0.3 is 0 Å². The molecule has 0 aliphatic rings. The summed E-state index contributed by atoms with van der Waals surface area (Å²) in [5, 5.41) is 0.954. The zero-order chi connectivity index (χ0) is 11.1. The number of nitrogens with one attached hydrogen (secondary N) is 1. The van der Waals surface area contributed by atoms with Crippen LogP contribution in [0.3, 0.4) is 0 Å². The van der Waals surface area contributed by atoms with Gasteiger partial charge in [0.15, 0.2) is 9.84 Å². The molecule has 1 N–H and O–H groups in total. The minimum atomic E-state index is -2.99. The second-order valence-corrected chi connectivity index (χ2v) is 6.54. The van der Waals surface area contributed by atoms with E-state index < -0.39 is 9.84 Å². The topological polar surface area (TPSA) is 49.9 Å². The van der Waals surface area contributed by atoms with Crippen molar-refractivity contribution >= 4 is 36.7 Å². The van der Waals surface area contributed by atoms with E-state index in [-0.39, 0.29) is 5.75 Å². The van der Waals surface area contributed by atoms with E-state index >= 15 is 0 Å². The number of aromatic amines is 1. The Morgan fingerprint density at radius 1 is 1.40 bits per heavy atom. The summed E-state index contributed by atoms with van der Waals surface area (Å²) in [7, 11) is -2.99. The third-order valence-electron chi connectivity index (χ3n) is 2.17. The van der Waals surface area contributed by atoms with Crippen LogP contribution in [0.25, 0.3) is 10.9 Å². The number of fused-ring (bicyclic) bond motifs is 1. The van der Waals surface area contributed by atoms with Crippen LogP contribution in [-0.4, -0.2) is 19.7 Å². The molecule has 2 rings (SSSR count). The summed E-state index contributed by atoms with van der Waals surface area (Å²) in [5.74, 6) is 0.0729. The number of rotatable bonds is 2. The Morgan fingerprint density at radius 2 is 2.13 bits per heavy atom. The average Bonchev–Trinajstić information content (AvgIpc) is 2.48. The van der Waals surface area contributed by atoms with Gasteiger partial charge in [0.25, 0.3) is 0 Å². The maximum atomic E-state index is 11.2. The molecule has 3 nitrogen and oxygen atoms in total. The SMILES string of the molecule is CS(=O)(=O)Cc1c[nH]c2c(Br)cccc12. The van der Waals surface area contributed by atoms with Gasteiger partial charge in [0.2, 0.25) is 0 Å². The Hall–Kier alpha value is -0.810. The third-order valence-corrected chi connectivity index (χ3v) is 3.66. The number of sulfone groups is 1. The molecule has 0 bridgehead atoms. The fourth-order valence-corrected chi connectivity index (χ4v) is 2.86. The minimum absolute atomic E-state index is 0.0729. The van der Waals surface area contributed by atoms with Gasteiger partial charge < -0.3 is 4.98 Å². The number of hydrogen-bond donors (Lipinski definition) is 1. The molecule has 0 saturated heterocycles. The molecule has 0 amide bonds. The molecule has 0 fully saturated rings. The zero-order valence-electron chi connectivity index (χ0n) is 8.12. The molecule has 0 radical (unpaired) electrons. The highest BCUT2D eigenvalue weighted by atomic mass is 79.9. The van der Waals surface area contributed by atoms with Crippen LogP contribution in [0.1, 0.15) is 5.56 Å². The molecule has 0 spiro atoms. The van der Waals surface area contributed by atoms with Gasteiger partial charge in [-0.1, -0.05) is 12.1 Å². The first-order valence-corrected chi connectivity index (χ1v) is 7.25. The third kappa shape index (κ3) is 2.23. The monoisotopic (exact) mass is 287 g/mol. The zero-order valence-corrected chi connectivity index (χ0v) is 10.5. The van der Waals surface area contributed by atoms with Crippen LogP contribution < -0.4 is 0 Å². The first kappa shape index (κ1) is 10.7. The van der Waals surface area contributed by atoms with E-state index in [0.717, 1.165) is 20.9 Å². The summed E-state index contributed by atoms with van der Waals surface area (Å²) >= 11 is 3.41. The lowest BCUT2D eigenvalue weighted by Crippen LogP contribution is -1.99. The molecular weight excluding hydrogens is 278 g/mol. The first-order chi connectivity index (χ1) is 6.97. The first-order valence-electron chi connectivity index (χ1n) is 4.39. The minimum Gasteiger partial charge on any atom is -0.360 e. The Kier molecular flexibility index (Phi) is 2.60. The fraction of sp³-hybridized carbons (Fsp3) is 0.200. The van der Waals surface area contributed by atoms with Crippen LogP contribution >= 0.6 is 15.9 Å². The molecule has 0 atom stereocenters. The highest BCUT2D eigenvalue weighted by Crippen LogP contribution is 2.26. The Labute approximate surface area is 96.5 Å². The molecular formula is C10H10BrNO2S. The number of para-hydroxylation sites is 1. The maximum absolute atomic E-state index is 11.2. The van der Waals surface area contributed by atoms with Crippen LogP contribution in [0.5, 0.6) is 0 Å². The van der Waals surface area contributed by atoms with Crippen molar-refractivity contribution in [1.29, 1.82) is 0 Å². The average molecular weight is 288 g/mol. The van der Waals surface area contributed by atoms with E-state index in [1.54, 1.807) is 6.20 Å². The number of benzene rings is 1. The van der Waals surface area contributed by atoms with Gasteiger partial charge in [-0.3, -0.25) is 0 Å². The molecule has 0 unspecified atom stereocenters. The molecule has 15 heavy (non-hydrogen) atoms. The normalized spacial score (nSPS) is 12.1. The summed E-state index contributed by atoms with van der Waals surface area (Å²) in [6.07, 6.45) is 2.99. The predicted molar refractivity (Wildman–Crippen MR) is 64.5 cm³/mol. The van der Waals surface area contributed by atoms with E-state index in [4.69, 9.17) is 0 Å².